The van der Waals surface area contributed by atoms with Crippen molar-refractivity contribution >= 4 is 28.3 Å². The summed E-state index contributed by atoms with van der Waals surface area (Å²) in [4.78, 5) is 17.9. The van der Waals surface area contributed by atoms with Crippen LogP contribution in [-0.2, 0) is 0 Å². The zero-order valence-electron chi connectivity index (χ0n) is 9.56. The highest BCUT2D eigenvalue weighted by atomic mass is 35.5. The van der Waals surface area contributed by atoms with E-state index in [0.717, 1.165) is 10.8 Å². The molecule has 1 amide bonds. The number of alkyl halides is 1. The molecule has 1 aromatic carbocycles. The van der Waals surface area contributed by atoms with Gasteiger partial charge in [-0.3, -0.25) is 9.78 Å². The summed E-state index contributed by atoms with van der Waals surface area (Å²) in [6.07, 6.45) is 1.66. The van der Waals surface area contributed by atoms with E-state index in [0.29, 0.717) is 18.1 Å². The van der Waals surface area contributed by atoms with Gasteiger partial charge < -0.3 is 4.90 Å². The van der Waals surface area contributed by atoms with Gasteiger partial charge in [0.05, 0.1) is 0 Å². The fraction of sp³-hybridized carbons (Fsp3) is 0.231. The van der Waals surface area contributed by atoms with E-state index in [1.807, 2.05) is 30.3 Å². The average molecular weight is 249 g/mol. The van der Waals surface area contributed by atoms with Gasteiger partial charge in [0.15, 0.2) is 0 Å². The van der Waals surface area contributed by atoms with Gasteiger partial charge in [-0.15, -0.1) is 11.6 Å². The van der Waals surface area contributed by atoms with Crippen LogP contribution in [0.5, 0.6) is 0 Å². The van der Waals surface area contributed by atoms with Crippen molar-refractivity contribution in [3.05, 3.63) is 42.2 Å². The van der Waals surface area contributed by atoms with Crippen molar-refractivity contribution in [1.29, 1.82) is 0 Å². The van der Waals surface area contributed by atoms with Crippen LogP contribution < -0.4 is 0 Å². The van der Waals surface area contributed by atoms with Crippen molar-refractivity contribution in [2.24, 2.45) is 0 Å². The van der Waals surface area contributed by atoms with Crippen molar-refractivity contribution in [1.82, 2.24) is 9.88 Å². The molecule has 0 saturated heterocycles. The molecule has 0 atom stereocenters. The lowest BCUT2D eigenvalue weighted by molar-refractivity contribution is 0.0799. The summed E-state index contributed by atoms with van der Waals surface area (Å²) in [5, 5.41) is 1.89. The maximum Gasteiger partial charge on any atom is 0.272 e. The Morgan fingerprint density at radius 2 is 2.12 bits per heavy atom. The number of amides is 1. The van der Waals surface area contributed by atoms with E-state index >= 15 is 0 Å². The lowest BCUT2D eigenvalue weighted by Gasteiger charge is -2.15. The highest BCUT2D eigenvalue weighted by molar-refractivity contribution is 6.18. The van der Waals surface area contributed by atoms with Gasteiger partial charge in [-0.2, -0.15) is 0 Å². The van der Waals surface area contributed by atoms with Crippen LogP contribution in [0.15, 0.2) is 36.5 Å². The molecule has 0 aliphatic rings. The first kappa shape index (κ1) is 11.9. The molecule has 4 heteroatoms. The van der Waals surface area contributed by atoms with E-state index in [4.69, 9.17) is 11.6 Å². The van der Waals surface area contributed by atoms with Crippen LogP contribution in [-0.4, -0.2) is 35.3 Å². The lowest BCUT2D eigenvalue weighted by Crippen LogP contribution is -2.29. The predicted molar refractivity (Wildman–Crippen MR) is 69.4 cm³/mol. The van der Waals surface area contributed by atoms with Gasteiger partial charge in [0, 0.05) is 31.1 Å². The number of hydrogen-bond donors (Lipinski definition) is 0. The molecule has 0 aliphatic carbocycles. The Morgan fingerprint density at radius 1 is 1.35 bits per heavy atom. The Morgan fingerprint density at radius 3 is 2.88 bits per heavy atom. The number of fused-ring (bicyclic) bond motifs is 1. The lowest BCUT2D eigenvalue weighted by atomic mass is 10.1. The summed E-state index contributed by atoms with van der Waals surface area (Å²) >= 11 is 5.63. The van der Waals surface area contributed by atoms with Crippen LogP contribution in [0.1, 0.15) is 10.5 Å². The Bertz CT molecular complexity index is 536. The van der Waals surface area contributed by atoms with E-state index in [1.165, 1.54) is 0 Å². The average Bonchev–Trinajstić information content (AvgIpc) is 2.37. The molecule has 0 aliphatic heterocycles. The predicted octanol–water partition coefficient (Wildman–Crippen LogP) is 2.55. The quantitative estimate of drug-likeness (QED) is 0.782. The fourth-order valence-electron chi connectivity index (χ4n) is 1.70. The molecular weight excluding hydrogens is 236 g/mol. The second-order valence-corrected chi connectivity index (χ2v) is 4.17. The van der Waals surface area contributed by atoms with E-state index in [9.17, 15) is 4.79 Å². The van der Waals surface area contributed by atoms with Crippen LogP contribution in [0, 0.1) is 0 Å². The molecule has 3 nitrogen and oxygen atoms in total. The smallest absolute Gasteiger partial charge is 0.272 e. The number of carbonyl (C=O) groups excluding carboxylic acids is 1. The first-order valence-electron chi connectivity index (χ1n) is 5.39. The number of rotatable bonds is 3. The number of benzene rings is 1. The minimum atomic E-state index is -0.0950. The van der Waals surface area contributed by atoms with Crippen LogP contribution in [0.25, 0.3) is 10.8 Å². The summed E-state index contributed by atoms with van der Waals surface area (Å²) in [5.74, 6) is 0.329. The number of aromatic nitrogens is 1. The molecule has 0 unspecified atom stereocenters. The van der Waals surface area contributed by atoms with Gasteiger partial charge >= 0.3 is 0 Å². The van der Waals surface area contributed by atoms with Crippen molar-refractivity contribution in [3.8, 4) is 0 Å². The second kappa shape index (κ2) is 5.15. The molecule has 17 heavy (non-hydrogen) atoms. The van der Waals surface area contributed by atoms with Crippen molar-refractivity contribution in [3.63, 3.8) is 0 Å². The van der Waals surface area contributed by atoms with Crippen molar-refractivity contribution in [2.75, 3.05) is 19.5 Å². The molecule has 88 valence electrons. The standard InChI is InChI=1S/C13H13ClN2O/c1-16(9-7-14)13(17)12-11-5-3-2-4-10(11)6-8-15-12/h2-6,8H,7,9H2,1H3. The van der Waals surface area contributed by atoms with Gasteiger partial charge in [-0.1, -0.05) is 24.3 Å². The van der Waals surface area contributed by atoms with Crippen molar-refractivity contribution in [2.45, 2.75) is 0 Å². The van der Waals surface area contributed by atoms with Crippen LogP contribution in [0.4, 0.5) is 0 Å². The summed E-state index contributed by atoms with van der Waals surface area (Å²) in [7, 11) is 1.73. The molecule has 1 heterocycles. The number of halogens is 1. The minimum Gasteiger partial charge on any atom is -0.339 e. The number of carbonyl (C=O) groups is 1. The van der Waals surface area contributed by atoms with Crippen LogP contribution in [0.3, 0.4) is 0 Å². The van der Waals surface area contributed by atoms with Gasteiger partial charge in [0.1, 0.15) is 5.69 Å². The third-order valence-electron chi connectivity index (χ3n) is 2.64. The maximum absolute atomic E-state index is 12.2. The Hall–Kier alpha value is -1.61. The molecule has 0 radical (unpaired) electrons. The first-order valence-corrected chi connectivity index (χ1v) is 5.92. The van der Waals surface area contributed by atoms with Gasteiger partial charge in [-0.05, 0) is 11.5 Å². The fourth-order valence-corrected chi connectivity index (χ4v) is 1.95. The summed E-state index contributed by atoms with van der Waals surface area (Å²) < 4.78 is 0. The zero-order chi connectivity index (χ0) is 12.3. The maximum atomic E-state index is 12.2. The number of nitrogens with zero attached hydrogens (tertiary/aromatic N) is 2. The topological polar surface area (TPSA) is 33.2 Å². The van der Waals surface area contributed by atoms with E-state index in [2.05, 4.69) is 4.98 Å². The molecule has 0 fully saturated rings. The molecule has 2 rings (SSSR count). The zero-order valence-corrected chi connectivity index (χ0v) is 10.3. The minimum absolute atomic E-state index is 0.0950. The van der Waals surface area contributed by atoms with Crippen LogP contribution in [0.2, 0.25) is 0 Å². The SMILES string of the molecule is CN(CCCl)C(=O)c1nccc2ccccc12. The van der Waals surface area contributed by atoms with Gasteiger partial charge in [0.2, 0.25) is 0 Å². The Kier molecular flexibility index (Phi) is 3.59. The molecule has 0 spiro atoms. The molecule has 0 bridgehead atoms. The third-order valence-corrected chi connectivity index (χ3v) is 2.81. The summed E-state index contributed by atoms with van der Waals surface area (Å²) in [6, 6.07) is 9.62. The largest absolute Gasteiger partial charge is 0.339 e. The number of pyridine rings is 1. The highest BCUT2D eigenvalue weighted by Gasteiger charge is 2.15. The van der Waals surface area contributed by atoms with E-state index in [1.54, 1.807) is 18.1 Å². The first-order chi connectivity index (χ1) is 8.24. The molecule has 0 N–H and O–H groups in total. The van der Waals surface area contributed by atoms with Gasteiger partial charge in [-0.25, -0.2) is 0 Å². The number of hydrogen-bond acceptors (Lipinski definition) is 2. The monoisotopic (exact) mass is 248 g/mol. The normalized spacial score (nSPS) is 10.5. The highest BCUT2D eigenvalue weighted by Crippen LogP contribution is 2.17. The molecular formula is C13H13ClN2O. The van der Waals surface area contributed by atoms with Gasteiger partial charge in [0.25, 0.3) is 5.91 Å². The van der Waals surface area contributed by atoms with E-state index in [-0.39, 0.29) is 5.91 Å². The van der Waals surface area contributed by atoms with Crippen LogP contribution >= 0.6 is 11.6 Å². The Balaban J connectivity index is 2.45. The summed E-state index contributed by atoms with van der Waals surface area (Å²) in [6.45, 7) is 0.519. The third kappa shape index (κ3) is 2.39. The van der Waals surface area contributed by atoms with E-state index < -0.39 is 0 Å². The molecule has 2 aromatic rings. The van der Waals surface area contributed by atoms with Crippen molar-refractivity contribution < 1.29 is 4.79 Å². The molecule has 0 saturated carbocycles. The molecule has 1 aromatic heterocycles. The Labute approximate surface area is 105 Å². The summed E-state index contributed by atoms with van der Waals surface area (Å²) in [5.41, 5.74) is 0.482. The second-order valence-electron chi connectivity index (χ2n) is 3.80.